The fraction of sp³-hybridized carbons (Fsp3) is 0.800. The third kappa shape index (κ3) is 1.17. The molecule has 0 aromatic rings. The van der Waals surface area contributed by atoms with Crippen molar-refractivity contribution in [3.63, 3.8) is 0 Å². The molecule has 0 N–H and O–H groups in total. The second-order valence-corrected chi connectivity index (χ2v) is 3.87. The first-order chi connectivity index (χ1) is 5.00. The Morgan fingerprint density at radius 2 is 2.00 bits per heavy atom. The van der Waals surface area contributed by atoms with E-state index in [1.807, 2.05) is 0 Å². The summed E-state index contributed by atoms with van der Waals surface area (Å²) >= 11 is 0. The minimum Gasteiger partial charge on any atom is -0.494 e. The average Bonchev–Trinajstić information content (AvgIpc) is 2.04. The van der Waals surface area contributed by atoms with Crippen LogP contribution in [0.4, 0.5) is 0 Å². The Bertz CT molecular complexity index is 189. The summed E-state index contributed by atoms with van der Waals surface area (Å²) in [4.78, 5) is 0. The molecule has 0 amide bonds. The van der Waals surface area contributed by atoms with E-state index < -0.39 is 0 Å². The standard InChI is InChI=1S/C10H18O/c1-6-9-7(2)11-8(3)10(9,4)5/h8H,6H2,1-5H3. The molecule has 64 valence electrons. The van der Waals surface area contributed by atoms with Gasteiger partial charge in [0.05, 0.1) is 5.76 Å². The number of hydrogen-bond acceptors (Lipinski definition) is 1. The van der Waals surface area contributed by atoms with E-state index in [4.69, 9.17) is 4.74 Å². The van der Waals surface area contributed by atoms with Gasteiger partial charge in [-0.1, -0.05) is 20.8 Å². The lowest BCUT2D eigenvalue weighted by molar-refractivity contribution is 0.0933. The highest BCUT2D eigenvalue weighted by molar-refractivity contribution is 5.21. The molecule has 1 unspecified atom stereocenters. The molecule has 1 heteroatoms. The fourth-order valence-electron chi connectivity index (χ4n) is 1.89. The molecule has 0 aromatic heterocycles. The molecule has 0 saturated carbocycles. The van der Waals surface area contributed by atoms with Crippen LogP contribution in [0.15, 0.2) is 11.3 Å². The molecule has 1 aliphatic heterocycles. The van der Waals surface area contributed by atoms with Gasteiger partial charge in [0.1, 0.15) is 6.10 Å². The first kappa shape index (κ1) is 8.63. The highest BCUT2D eigenvalue weighted by atomic mass is 16.5. The lowest BCUT2D eigenvalue weighted by Crippen LogP contribution is -2.24. The van der Waals surface area contributed by atoms with Crippen molar-refractivity contribution >= 4 is 0 Å². The molecular formula is C10H18O. The molecule has 0 fully saturated rings. The molecule has 1 atom stereocenters. The topological polar surface area (TPSA) is 9.23 Å². The van der Waals surface area contributed by atoms with Crippen molar-refractivity contribution in [3.8, 4) is 0 Å². The Balaban J connectivity index is 2.95. The van der Waals surface area contributed by atoms with Gasteiger partial charge in [0.25, 0.3) is 0 Å². The van der Waals surface area contributed by atoms with Crippen molar-refractivity contribution in [2.75, 3.05) is 0 Å². The molecule has 0 radical (unpaired) electrons. The SMILES string of the molecule is CCC1=C(C)OC(C)C1(C)C. The monoisotopic (exact) mass is 154 g/mol. The molecular weight excluding hydrogens is 136 g/mol. The van der Waals surface area contributed by atoms with Crippen LogP contribution in [0.25, 0.3) is 0 Å². The van der Waals surface area contributed by atoms with E-state index in [0.29, 0.717) is 6.10 Å². The van der Waals surface area contributed by atoms with Crippen LogP contribution in [-0.4, -0.2) is 6.10 Å². The van der Waals surface area contributed by atoms with E-state index >= 15 is 0 Å². The molecule has 1 rings (SSSR count). The molecule has 0 aromatic carbocycles. The molecule has 0 aliphatic carbocycles. The maximum absolute atomic E-state index is 5.66. The average molecular weight is 154 g/mol. The summed E-state index contributed by atoms with van der Waals surface area (Å²) in [7, 11) is 0. The zero-order valence-electron chi connectivity index (χ0n) is 8.19. The molecule has 1 heterocycles. The molecule has 1 nitrogen and oxygen atoms in total. The van der Waals surface area contributed by atoms with Crippen LogP contribution < -0.4 is 0 Å². The van der Waals surface area contributed by atoms with Crippen LogP contribution in [0.3, 0.4) is 0 Å². The van der Waals surface area contributed by atoms with Crippen LogP contribution in [0, 0.1) is 5.41 Å². The predicted molar refractivity (Wildman–Crippen MR) is 47.3 cm³/mol. The van der Waals surface area contributed by atoms with Gasteiger partial charge in [0.15, 0.2) is 0 Å². The van der Waals surface area contributed by atoms with Crippen LogP contribution >= 0.6 is 0 Å². The predicted octanol–water partition coefficient (Wildman–Crippen LogP) is 3.12. The van der Waals surface area contributed by atoms with Gasteiger partial charge in [0.2, 0.25) is 0 Å². The molecule has 0 saturated heterocycles. The van der Waals surface area contributed by atoms with Crippen molar-refractivity contribution in [2.45, 2.75) is 47.1 Å². The largest absolute Gasteiger partial charge is 0.494 e. The highest BCUT2D eigenvalue weighted by Gasteiger charge is 2.37. The lowest BCUT2D eigenvalue weighted by Gasteiger charge is -2.24. The minimum absolute atomic E-state index is 0.249. The Hall–Kier alpha value is -0.460. The van der Waals surface area contributed by atoms with Crippen LogP contribution in [-0.2, 0) is 4.74 Å². The first-order valence-corrected chi connectivity index (χ1v) is 4.37. The van der Waals surface area contributed by atoms with Crippen LogP contribution in [0.1, 0.15) is 41.0 Å². The highest BCUT2D eigenvalue weighted by Crippen LogP contribution is 2.42. The summed E-state index contributed by atoms with van der Waals surface area (Å²) in [6.07, 6.45) is 1.46. The molecule has 1 aliphatic rings. The van der Waals surface area contributed by atoms with Crippen LogP contribution in [0.5, 0.6) is 0 Å². The third-order valence-corrected chi connectivity index (χ3v) is 2.93. The normalized spacial score (nSPS) is 29.0. The van der Waals surface area contributed by atoms with Crippen molar-refractivity contribution in [3.05, 3.63) is 11.3 Å². The second kappa shape index (κ2) is 2.54. The van der Waals surface area contributed by atoms with Crippen molar-refractivity contribution in [2.24, 2.45) is 5.41 Å². The Morgan fingerprint density at radius 3 is 2.18 bits per heavy atom. The van der Waals surface area contributed by atoms with Gasteiger partial charge in [-0.05, 0) is 25.8 Å². The zero-order chi connectivity index (χ0) is 8.65. The maximum Gasteiger partial charge on any atom is 0.104 e. The van der Waals surface area contributed by atoms with Gasteiger partial charge in [0, 0.05) is 5.41 Å². The van der Waals surface area contributed by atoms with E-state index in [2.05, 4.69) is 34.6 Å². The summed E-state index contributed by atoms with van der Waals surface area (Å²) in [6.45, 7) is 10.9. The molecule has 0 spiro atoms. The Kier molecular flexibility index (Phi) is 2.00. The smallest absolute Gasteiger partial charge is 0.104 e. The minimum atomic E-state index is 0.249. The van der Waals surface area contributed by atoms with Crippen molar-refractivity contribution < 1.29 is 4.74 Å². The first-order valence-electron chi connectivity index (χ1n) is 4.37. The van der Waals surface area contributed by atoms with E-state index in [1.165, 1.54) is 5.57 Å². The lowest BCUT2D eigenvalue weighted by atomic mass is 9.80. The number of rotatable bonds is 1. The Labute approximate surface area is 69.4 Å². The second-order valence-electron chi connectivity index (χ2n) is 3.87. The van der Waals surface area contributed by atoms with Gasteiger partial charge in [-0.3, -0.25) is 0 Å². The van der Waals surface area contributed by atoms with Crippen molar-refractivity contribution in [1.29, 1.82) is 0 Å². The van der Waals surface area contributed by atoms with Gasteiger partial charge in [-0.2, -0.15) is 0 Å². The maximum atomic E-state index is 5.66. The molecule has 0 bridgehead atoms. The van der Waals surface area contributed by atoms with E-state index in [0.717, 1.165) is 12.2 Å². The van der Waals surface area contributed by atoms with Crippen molar-refractivity contribution in [1.82, 2.24) is 0 Å². The zero-order valence-corrected chi connectivity index (χ0v) is 8.19. The fourth-order valence-corrected chi connectivity index (χ4v) is 1.89. The summed E-state index contributed by atoms with van der Waals surface area (Å²) in [5.41, 5.74) is 1.73. The number of hydrogen-bond donors (Lipinski definition) is 0. The summed E-state index contributed by atoms with van der Waals surface area (Å²) < 4.78 is 5.66. The summed E-state index contributed by atoms with van der Waals surface area (Å²) in [5.74, 6) is 1.14. The Morgan fingerprint density at radius 1 is 1.45 bits per heavy atom. The van der Waals surface area contributed by atoms with E-state index in [1.54, 1.807) is 0 Å². The van der Waals surface area contributed by atoms with Crippen LogP contribution in [0.2, 0.25) is 0 Å². The van der Waals surface area contributed by atoms with Gasteiger partial charge in [-0.25, -0.2) is 0 Å². The van der Waals surface area contributed by atoms with E-state index in [9.17, 15) is 0 Å². The van der Waals surface area contributed by atoms with Gasteiger partial charge >= 0.3 is 0 Å². The third-order valence-electron chi connectivity index (χ3n) is 2.93. The molecule has 11 heavy (non-hydrogen) atoms. The summed E-state index contributed by atoms with van der Waals surface area (Å²) in [6, 6.07) is 0. The number of ether oxygens (including phenoxy) is 1. The van der Waals surface area contributed by atoms with Gasteiger partial charge in [-0.15, -0.1) is 0 Å². The summed E-state index contributed by atoms with van der Waals surface area (Å²) in [5, 5.41) is 0. The van der Waals surface area contributed by atoms with E-state index in [-0.39, 0.29) is 5.41 Å². The number of allylic oxidation sites excluding steroid dienone is 1. The van der Waals surface area contributed by atoms with Gasteiger partial charge < -0.3 is 4.74 Å². The quantitative estimate of drug-likeness (QED) is 0.564.